The molecule has 0 spiro atoms. The summed E-state index contributed by atoms with van der Waals surface area (Å²) in [7, 11) is -4.11. The molecule has 0 aliphatic carbocycles. The van der Waals surface area contributed by atoms with Crippen LogP contribution in [-0.2, 0) is 10.1 Å². The van der Waals surface area contributed by atoms with Crippen LogP contribution in [0.15, 0.2) is 0 Å². The Hall–Kier alpha value is 1.51. The molecule has 25 heavy (non-hydrogen) atoms. The molecule has 0 rings (SSSR count). The van der Waals surface area contributed by atoms with Crippen molar-refractivity contribution in [3.05, 3.63) is 0 Å². The Bertz CT molecular complexity index is 374. The van der Waals surface area contributed by atoms with E-state index in [-0.39, 0.29) is 57.5 Å². The third-order valence-electron chi connectivity index (χ3n) is 4.82. The number of hydrogen-bond donors (Lipinski definition) is 1. The van der Waals surface area contributed by atoms with Crippen molar-refractivity contribution < 1.29 is 69.5 Å². The fourth-order valence-electron chi connectivity index (χ4n) is 3.14. The van der Waals surface area contributed by atoms with Crippen molar-refractivity contribution in [2.75, 3.05) is 0 Å². The molecule has 0 fully saturated rings. The second-order valence-corrected chi connectivity index (χ2v) is 8.73. The third-order valence-corrected chi connectivity index (χ3v) is 6.20. The molecule has 2 atom stereocenters. The molecule has 0 heterocycles. The van der Waals surface area contributed by atoms with Gasteiger partial charge in [-0.3, -0.25) is 0 Å². The molecule has 0 saturated heterocycles. The van der Waals surface area contributed by atoms with Crippen molar-refractivity contribution in [1.82, 2.24) is 0 Å². The van der Waals surface area contributed by atoms with Gasteiger partial charge in [-0.2, -0.15) is 0 Å². The number of hydrogen-bond acceptors (Lipinski definition) is 4. The van der Waals surface area contributed by atoms with Gasteiger partial charge >= 0.3 is 51.4 Å². The van der Waals surface area contributed by atoms with Crippen LogP contribution in [0.4, 0.5) is 0 Å². The first kappa shape index (κ1) is 28.7. The predicted octanol–water partition coefficient (Wildman–Crippen LogP) is 2.16. The Kier molecular flexibility index (Phi) is 21.7. The zero-order chi connectivity index (χ0) is 18.3. The van der Waals surface area contributed by atoms with E-state index in [0.29, 0.717) is 12.8 Å². The number of aliphatic hydroxyl groups is 1. The first-order chi connectivity index (χ1) is 11.4. The fourth-order valence-corrected chi connectivity index (χ4v) is 4.00. The summed E-state index contributed by atoms with van der Waals surface area (Å²) in [5.74, 6) is 0. The van der Waals surface area contributed by atoms with E-state index >= 15 is 0 Å². The summed E-state index contributed by atoms with van der Waals surface area (Å²) < 4.78 is 32.9. The molecule has 4 nitrogen and oxygen atoms in total. The maximum absolute atomic E-state index is 11.0. The van der Waals surface area contributed by atoms with Crippen LogP contribution in [0, 0.1) is 0 Å². The monoisotopic (exact) mass is 402 g/mol. The largest absolute Gasteiger partial charge is 1.00 e. The van der Waals surface area contributed by atoms with E-state index in [1.807, 2.05) is 0 Å². The summed E-state index contributed by atoms with van der Waals surface area (Å²) in [5, 5.41) is 9.19. The Morgan fingerprint density at radius 3 is 1.56 bits per heavy atom. The van der Waals surface area contributed by atoms with Crippen LogP contribution in [0.2, 0.25) is 0 Å². The first-order valence-corrected chi connectivity index (χ1v) is 11.5. The summed E-state index contributed by atoms with van der Waals surface area (Å²) in [6, 6.07) is 0. The molecule has 0 aromatic carbocycles. The molecule has 0 aliphatic rings. The second kappa shape index (κ2) is 18.9. The topological polar surface area (TPSA) is 77.4 Å². The van der Waals surface area contributed by atoms with Crippen LogP contribution in [0.25, 0.3) is 0 Å². The van der Waals surface area contributed by atoms with Crippen molar-refractivity contribution in [1.29, 1.82) is 0 Å². The van der Waals surface area contributed by atoms with Crippen LogP contribution in [0.5, 0.6) is 0 Å². The van der Waals surface area contributed by atoms with Crippen LogP contribution in [-0.4, -0.2) is 29.4 Å². The quantitative estimate of drug-likeness (QED) is 0.230. The van der Waals surface area contributed by atoms with Crippen molar-refractivity contribution in [3.63, 3.8) is 0 Å². The molecular formula is C19H39KO4S. The average molecular weight is 403 g/mol. The predicted molar refractivity (Wildman–Crippen MR) is 100 cm³/mol. The molecule has 0 radical (unpaired) electrons. The minimum atomic E-state index is -4.11. The smallest absolute Gasteiger partial charge is 0.748 e. The van der Waals surface area contributed by atoms with Gasteiger partial charge in [0.2, 0.25) is 0 Å². The Morgan fingerprint density at radius 1 is 0.760 bits per heavy atom. The molecule has 0 aromatic rings. The van der Waals surface area contributed by atoms with E-state index in [1.165, 1.54) is 32.1 Å². The van der Waals surface area contributed by atoms with Crippen molar-refractivity contribution >= 4 is 10.1 Å². The first-order valence-electron chi connectivity index (χ1n) is 10.0. The Balaban J connectivity index is 0. The SMILES string of the molecule is CCCCCCC(O)CCCCCCCCCC(CC)S(=O)(=O)[O-].[K+]. The molecule has 0 aromatic heterocycles. The van der Waals surface area contributed by atoms with E-state index in [9.17, 15) is 18.1 Å². The van der Waals surface area contributed by atoms with E-state index in [4.69, 9.17) is 0 Å². The van der Waals surface area contributed by atoms with Gasteiger partial charge in [-0.15, -0.1) is 0 Å². The molecule has 0 bridgehead atoms. The number of rotatable bonds is 17. The van der Waals surface area contributed by atoms with Crippen LogP contribution in [0.3, 0.4) is 0 Å². The summed E-state index contributed by atoms with van der Waals surface area (Å²) in [6.07, 6.45) is 15.1. The van der Waals surface area contributed by atoms with E-state index < -0.39 is 15.4 Å². The summed E-state index contributed by atoms with van der Waals surface area (Å²) >= 11 is 0. The number of aliphatic hydroxyl groups excluding tert-OH is 1. The summed E-state index contributed by atoms with van der Waals surface area (Å²) in [5.41, 5.74) is 0. The Morgan fingerprint density at radius 2 is 1.16 bits per heavy atom. The molecular weight excluding hydrogens is 363 g/mol. The van der Waals surface area contributed by atoms with Gasteiger partial charge in [-0.25, -0.2) is 8.42 Å². The third kappa shape index (κ3) is 18.6. The molecule has 146 valence electrons. The van der Waals surface area contributed by atoms with Gasteiger partial charge in [0.05, 0.1) is 16.2 Å². The molecule has 6 heteroatoms. The van der Waals surface area contributed by atoms with Crippen LogP contribution < -0.4 is 51.4 Å². The molecule has 1 N–H and O–H groups in total. The standard InChI is InChI=1S/C19H40O4S.K/c1-3-5-6-12-15-18(20)16-13-10-8-7-9-11-14-17-19(4-2)24(21,22)23;/h18-20H,3-17H2,1-2H3,(H,21,22,23);/q;+1/p-1. The maximum atomic E-state index is 11.0. The number of unbranched alkanes of at least 4 members (excludes halogenated alkanes) is 9. The van der Waals surface area contributed by atoms with Gasteiger partial charge in [0.25, 0.3) is 0 Å². The van der Waals surface area contributed by atoms with Gasteiger partial charge < -0.3 is 9.66 Å². The fraction of sp³-hybridized carbons (Fsp3) is 1.00. The average Bonchev–Trinajstić information content (AvgIpc) is 2.52. The van der Waals surface area contributed by atoms with Gasteiger partial charge in [-0.05, 0) is 25.7 Å². The summed E-state index contributed by atoms with van der Waals surface area (Å²) in [6.45, 7) is 3.96. The van der Waals surface area contributed by atoms with Crippen molar-refractivity contribution in [3.8, 4) is 0 Å². The molecule has 0 aliphatic heterocycles. The van der Waals surface area contributed by atoms with Gasteiger partial charge in [-0.1, -0.05) is 84.5 Å². The van der Waals surface area contributed by atoms with Crippen molar-refractivity contribution in [2.24, 2.45) is 0 Å². The minimum absolute atomic E-state index is 0. The van der Waals surface area contributed by atoms with E-state index in [0.717, 1.165) is 51.4 Å². The molecule has 2 unspecified atom stereocenters. The van der Waals surface area contributed by atoms with E-state index in [1.54, 1.807) is 6.92 Å². The van der Waals surface area contributed by atoms with Gasteiger partial charge in [0.1, 0.15) is 0 Å². The van der Waals surface area contributed by atoms with Gasteiger partial charge in [0.15, 0.2) is 0 Å². The summed E-state index contributed by atoms with van der Waals surface area (Å²) in [4.78, 5) is 0. The minimum Gasteiger partial charge on any atom is -0.748 e. The zero-order valence-corrected chi connectivity index (χ0v) is 20.8. The van der Waals surface area contributed by atoms with E-state index in [2.05, 4.69) is 6.92 Å². The van der Waals surface area contributed by atoms with Crippen LogP contribution >= 0.6 is 0 Å². The van der Waals surface area contributed by atoms with Crippen molar-refractivity contribution in [2.45, 2.75) is 122 Å². The Labute approximate surface area is 199 Å². The van der Waals surface area contributed by atoms with Crippen LogP contribution in [0.1, 0.15) is 110 Å². The zero-order valence-electron chi connectivity index (χ0n) is 16.8. The maximum Gasteiger partial charge on any atom is 1.00 e. The second-order valence-electron chi connectivity index (χ2n) is 7.08. The van der Waals surface area contributed by atoms with Gasteiger partial charge in [0, 0.05) is 5.25 Å². The molecule has 0 amide bonds. The normalized spacial score (nSPS) is 14.1. The molecule has 0 saturated carbocycles.